The van der Waals surface area contributed by atoms with E-state index in [4.69, 9.17) is 9.47 Å². The number of benzene rings is 2. The van der Waals surface area contributed by atoms with Gasteiger partial charge in [0.25, 0.3) is 0 Å². The molecule has 0 aliphatic heterocycles. The number of nitrogens with zero attached hydrogens (tertiary/aromatic N) is 1. The number of ether oxygens (including phenoxy) is 2. The quantitative estimate of drug-likeness (QED) is 0.629. The number of guanidine groups is 1. The molecule has 5 heteroatoms. The standard InChI is InChI=1S/C19H25N3O2/c1-5-24-18-12-16(9-10-17(18)23-4)22-19(20-3)21-13-15-8-6-7-14(2)11-15/h6-12H,5,13H2,1-4H3,(H2,20,21,22). The minimum absolute atomic E-state index is 0.583. The van der Waals surface area contributed by atoms with E-state index in [0.29, 0.717) is 30.6 Å². The average Bonchev–Trinajstić information content (AvgIpc) is 2.59. The second-order valence-corrected chi connectivity index (χ2v) is 5.34. The smallest absolute Gasteiger partial charge is 0.195 e. The van der Waals surface area contributed by atoms with Crippen LogP contribution in [0.2, 0.25) is 0 Å². The highest BCUT2D eigenvalue weighted by Crippen LogP contribution is 2.30. The van der Waals surface area contributed by atoms with Crippen LogP contribution in [0, 0.1) is 6.92 Å². The maximum absolute atomic E-state index is 5.60. The molecule has 0 amide bonds. The second-order valence-electron chi connectivity index (χ2n) is 5.34. The van der Waals surface area contributed by atoms with Gasteiger partial charge in [-0.05, 0) is 31.5 Å². The van der Waals surface area contributed by atoms with Gasteiger partial charge in [0.1, 0.15) is 0 Å². The molecular weight excluding hydrogens is 302 g/mol. The second kappa shape index (κ2) is 8.82. The lowest BCUT2D eigenvalue weighted by atomic mass is 10.1. The Kier molecular flexibility index (Phi) is 6.49. The maximum Gasteiger partial charge on any atom is 0.195 e. The average molecular weight is 327 g/mol. The van der Waals surface area contributed by atoms with Crippen molar-refractivity contribution in [1.82, 2.24) is 5.32 Å². The van der Waals surface area contributed by atoms with Gasteiger partial charge in [-0.25, -0.2) is 0 Å². The van der Waals surface area contributed by atoms with Crippen LogP contribution in [0.25, 0.3) is 0 Å². The Labute approximate surface area is 143 Å². The van der Waals surface area contributed by atoms with Gasteiger partial charge in [0, 0.05) is 25.3 Å². The summed E-state index contributed by atoms with van der Waals surface area (Å²) < 4.78 is 10.9. The summed E-state index contributed by atoms with van der Waals surface area (Å²) in [6.45, 7) is 5.32. The predicted molar refractivity (Wildman–Crippen MR) is 99.2 cm³/mol. The van der Waals surface area contributed by atoms with Crippen molar-refractivity contribution in [3.8, 4) is 11.5 Å². The van der Waals surface area contributed by atoms with E-state index < -0.39 is 0 Å². The number of methoxy groups -OCH3 is 1. The Morgan fingerprint density at radius 2 is 1.96 bits per heavy atom. The number of hydrogen-bond donors (Lipinski definition) is 2. The molecule has 0 atom stereocenters. The zero-order valence-corrected chi connectivity index (χ0v) is 14.7. The molecule has 0 bridgehead atoms. The van der Waals surface area contributed by atoms with Gasteiger partial charge in [-0.2, -0.15) is 0 Å². The number of hydrogen-bond acceptors (Lipinski definition) is 3. The number of aliphatic imine (C=N–C) groups is 1. The van der Waals surface area contributed by atoms with Gasteiger partial charge < -0.3 is 20.1 Å². The highest BCUT2D eigenvalue weighted by molar-refractivity contribution is 5.93. The van der Waals surface area contributed by atoms with Crippen LogP contribution in [0.4, 0.5) is 5.69 Å². The summed E-state index contributed by atoms with van der Waals surface area (Å²) >= 11 is 0. The summed E-state index contributed by atoms with van der Waals surface area (Å²) in [4.78, 5) is 4.26. The minimum Gasteiger partial charge on any atom is -0.493 e. The van der Waals surface area contributed by atoms with Crippen molar-refractivity contribution in [3.05, 3.63) is 53.6 Å². The van der Waals surface area contributed by atoms with Gasteiger partial charge >= 0.3 is 0 Å². The third-order valence-corrected chi connectivity index (χ3v) is 3.49. The molecule has 24 heavy (non-hydrogen) atoms. The van der Waals surface area contributed by atoms with Gasteiger partial charge in [-0.1, -0.05) is 29.8 Å². The molecule has 0 saturated heterocycles. The molecule has 2 rings (SSSR count). The summed E-state index contributed by atoms with van der Waals surface area (Å²) in [6, 6.07) is 14.1. The van der Waals surface area contributed by atoms with Crippen LogP contribution in [-0.2, 0) is 6.54 Å². The van der Waals surface area contributed by atoms with E-state index in [1.165, 1.54) is 11.1 Å². The Morgan fingerprint density at radius 1 is 1.12 bits per heavy atom. The fraction of sp³-hybridized carbons (Fsp3) is 0.316. The molecule has 0 aromatic heterocycles. The van der Waals surface area contributed by atoms with Gasteiger partial charge in [0.2, 0.25) is 0 Å². The first-order valence-electron chi connectivity index (χ1n) is 8.00. The summed E-state index contributed by atoms with van der Waals surface area (Å²) in [6.07, 6.45) is 0. The molecule has 5 nitrogen and oxygen atoms in total. The van der Waals surface area contributed by atoms with E-state index in [1.54, 1.807) is 14.2 Å². The van der Waals surface area contributed by atoms with E-state index in [1.807, 2.05) is 25.1 Å². The fourth-order valence-corrected chi connectivity index (χ4v) is 2.35. The molecule has 0 aliphatic carbocycles. The largest absolute Gasteiger partial charge is 0.493 e. The Balaban J connectivity index is 2.03. The third kappa shape index (κ3) is 4.91. The van der Waals surface area contributed by atoms with Gasteiger partial charge in [0.05, 0.1) is 13.7 Å². The molecule has 2 aromatic rings. The first kappa shape index (κ1) is 17.7. The van der Waals surface area contributed by atoms with Crippen molar-refractivity contribution in [1.29, 1.82) is 0 Å². The predicted octanol–water partition coefficient (Wildman–Crippen LogP) is 3.59. The first-order chi connectivity index (χ1) is 11.7. The van der Waals surface area contributed by atoms with Crippen molar-refractivity contribution in [3.63, 3.8) is 0 Å². The van der Waals surface area contributed by atoms with Crippen molar-refractivity contribution in [2.45, 2.75) is 20.4 Å². The van der Waals surface area contributed by atoms with Gasteiger partial charge in [-0.15, -0.1) is 0 Å². The van der Waals surface area contributed by atoms with Gasteiger partial charge in [0.15, 0.2) is 17.5 Å². The zero-order chi connectivity index (χ0) is 17.4. The van der Waals surface area contributed by atoms with Crippen LogP contribution in [0.15, 0.2) is 47.5 Å². The third-order valence-electron chi connectivity index (χ3n) is 3.49. The molecule has 0 spiro atoms. The normalized spacial score (nSPS) is 11.1. The molecule has 0 aliphatic rings. The molecule has 0 fully saturated rings. The van der Waals surface area contributed by atoms with Crippen LogP contribution < -0.4 is 20.1 Å². The SMILES string of the molecule is CCOc1cc(NC(=NC)NCc2cccc(C)c2)ccc1OC. The van der Waals surface area contributed by atoms with Crippen molar-refractivity contribution >= 4 is 11.6 Å². The molecule has 0 heterocycles. The lowest BCUT2D eigenvalue weighted by Gasteiger charge is -2.15. The van der Waals surface area contributed by atoms with Crippen molar-refractivity contribution < 1.29 is 9.47 Å². The lowest BCUT2D eigenvalue weighted by Crippen LogP contribution is -2.30. The van der Waals surface area contributed by atoms with E-state index in [9.17, 15) is 0 Å². The van der Waals surface area contributed by atoms with Crippen LogP contribution in [0.5, 0.6) is 11.5 Å². The number of nitrogens with one attached hydrogen (secondary N) is 2. The van der Waals surface area contributed by atoms with Crippen LogP contribution in [0.3, 0.4) is 0 Å². The molecule has 2 aromatic carbocycles. The molecule has 0 saturated carbocycles. The van der Waals surface area contributed by atoms with E-state index in [-0.39, 0.29) is 0 Å². The van der Waals surface area contributed by atoms with E-state index in [0.717, 1.165) is 5.69 Å². The topological polar surface area (TPSA) is 54.9 Å². The highest BCUT2D eigenvalue weighted by atomic mass is 16.5. The Bertz CT molecular complexity index is 699. The fourth-order valence-electron chi connectivity index (χ4n) is 2.35. The maximum atomic E-state index is 5.60. The molecule has 0 unspecified atom stereocenters. The summed E-state index contributed by atoms with van der Waals surface area (Å²) in [7, 11) is 3.38. The molecule has 2 N–H and O–H groups in total. The van der Waals surface area contributed by atoms with Crippen molar-refractivity contribution in [2.24, 2.45) is 4.99 Å². The first-order valence-corrected chi connectivity index (χ1v) is 8.00. The van der Waals surface area contributed by atoms with Crippen LogP contribution in [0.1, 0.15) is 18.1 Å². The zero-order valence-electron chi connectivity index (χ0n) is 14.7. The number of anilines is 1. The van der Waals surface area contributed by atoms with Crippen LogP contribution in [-0.4, -0.2) is 26.7 Å². The molecule has 0 radical (unpaired) electrons. The van der Waals surface area contributed by atoms with Crippen LogP contribution >= 0.6 is 0 Å². The molecule has 128 valence electrons. The van der Waals surface area contributed by atoms with Crippen molar-refractivity contribution in [2.75, 3.05) is 26.1 Å². The lowest BCUT2D eigenvalue weighted by molar-refractivity contribution is 0.311. The summed E-state index contributed by atoms with van der Waals surface area (Å²) in [5.74, 6) is 2.12. The summed E-state index contributed by atoms with van der Waals surface area (Å²) in [5, 5.41) is 6.58. The van der Waals surface area contributed by atoms with Gasteiger partial charge in [-0.3, -0.25) is 4.99 Å². The van der Waals surface area contributed by atoms with E-state index in [2.05, 4.69) is 46.8 Å². The monoisotopic (exact) mass is 327 g/mol. The number of rotatable bonds is 6. The van der Waals surface area contributed by atoms with E-state index >= 15 is 0 Å². The Hall–Kier alpha value is -2.69. The number of aryl methyl sites for hydroxylation is 1. The highest BCUT2D eigenvalue weighted by Gasteiger charge is 2.07. The summed E-state index contributed by atoms with van der Waals surface area (Å²) in [5.41, 5.74) is 3.34. The molecular formula is C19H25N3O2. The Morgan fingerprint density at radius 3 is 2.62 bits per heavy atom. The minimum atomic E-state index is 0.583.